The molecule has 1 unspecified atom stereocenters. The number of hydrogen-bond donors (Lipinski definition) is 2. The van der Waals surface area contributed by atoms with Crippen LogP contribution in [0.1, 0.15) is 24.5 Å². The molecule has 1 aliphatic rings. The van der Waals surface area contributed by atoms with Crippen LogP contribution in [0.5, 0.6) is 5.75 Å². The number of nitrogens with zero attached hydrogens (tertiary/aromatic N) is 2. The van der Waals surface area contributed by atoms with Crippen molar-refractivity contribution in [1.82, 2.24) is 19.8 Å². The fourth-order valence-corrected chi connectivity index (χ4v) is 5.63. The van der Waals surface area contributed by atoms with Crippen LogP contribution in [0, 0.1) is 0 Å². The van der Waals surface area contributed by atoms with Gasteiger partial charge in [-0.05, 0) is 61.9 Å². The van der Waals surface area contributed by atoms with Crippen molar-refractivity contribution in [2.75, 3.05) is 25.9 Å². The van der Waals surface area contributed by atoms with Gasteiger partial charge in [-0.3, -0.25) is 14.3 Å². The van der Waals surface area contributed by atoms with Gasteiger partial charge in [-0.1, -0.05) is 11.6 Å². The van der Waals surface area contributed by atoms with Crippen LogP contribution >= 0.6 is 11.6 Å². The molecule has 2 heterocycles. The summed E-state index contributed by atoms with van der Waals surface area (Å²) in [6, 6.07) is 7.22. The summed E-state index contributed by atoms with van der Waals surface area (Å²) in [4.78, 5) is 31.2. The molecular formula is C24H26ClF3N4O4S. The lowest BCUT2D eigenvalue weighted by atomic mass is 10.1. The van der Waals surface area contributed by atoms with Crippen LogP contribution in [-0.2, 0) is 24.3 Å². The summed E-state index contributed by atoms with van der Waals surface area (Å²) < 4.78 is 57.4. The minimum atomic E-state index is -4.97. The van der Waals surface area contributed by atoms with Crippen molar-refractivity contribution >= 4 is 33.7 Å². The number of aromatic nitrogens is 2. The van der Waals surface area contributed by atoms with Crippen molar-refractivity contribution in [2.24, 2.45) is 0 Å². The van der Waals surface area contributed by atoms with Gasteiger partial charge in [0.1, 0.15) is 11.5 Å². The number of ether oxygens (including phenoxy) is 1. The number of likely N-dealkylation sites (tertiary alicyclic amines) is 1. The highest BCUT2D eigenvalue weighted by Crippen LogP contribution is 2.31. The largest absolute Gasteiger partial charge is 0.611 e. The van der Waals surface area contributed by atoms with Gasteiger partial charge in [-0.15, -0.1) is 13.2 Å². The number of likely N-dealkylation sites (N-methyl/N-ethyl adjacent to an activating group) is 1. The summed E-state index contributed by atoms with van der Waals surface area (Å²) in [7, 11) is 1.82. The Hall–Kier alpha value is -2.51. The highest BCUT2D eigenvalue weighted by molar-refractivity contribution is 7.91. The Morgan fingerprint density at radius 1 is 1.22 bits per heavy atom. The quantitative estimate of drug-likeness (QED) is 0.412. The predicted octanol–water partition coefficient (Wildman–Crippen LogP) is 3.21. The van der Waals surface area contributed by atoms with Crippen molar-refractivity contribution in [3.05, 3.63) is 67.3 Å². The third-order valence-electron chi connectivity index (χ3n) is 6.32. The first-order chi connectivity index (χ1) is 17.5. The number of nitrogens with one attached hydrogen (secondary N) is 2. The number of rotatable bonds is 8. The van der Waals surface area contributed by atoms with Gasteiger partial charge in [-0.2, -0.15) is 0 Å². The Labute approximate surface area is 218 Å². The molecule has 37 heavy (non-hydrogen) atoms. The van der Waals surface area contributed by atoms with Gasteiger partial charge in [0.2, 0.25) is 0 Å². The van der Waals surface area contributed by atoms with Crippen molar-refractivity contribution < 1.29 is 22.5 Å². The van der Waals surface area contributed by atoms with Crippen LogP contribution < -0.4 is 21.3 Å². The molecule has 200 valence electrons. The normalized spacial score (nSPS) is 17.4. The summed E-state index contributed by atoms with van der Waals surface area (Å²) in [5.74, 6) is -0.191. The lowest BCUT2D eigenvalue weighted by Gasteiger charge is -2.20. The zero-order valence-electron chi connectivity index (χ0n) is 20.2. The van der Waals surface area contributed by atoms with Gasteiger partial charge in [0.25, 0.3) is 5.56 Å². The summed E-state index contributed by atoms with van der Waals surface area (Å²) >= 11 is 4.70. The van der Waals surface area contributed by atoms with E-state index in [1.807, 2.05) is 11.9 Å². The fourth-order valence-electron chi connectivity index (χ4n) is 4.48. The molecule has 0 saturated carbocycles. The molecule has 0 spiro atoms. The summed E-state index contributed by atoms with van der Waals surface area (Å²) in [6.45, 7) is 2.93. The average Bonchev–Trinajstić information content (AvgIpc) is 3.29. The lowest BCUT2D eigenvalue weighted by Crippen LogP contribution is -2.36. The fraction of sp³-hybridized carbons (Fsp3) is 0.417. The molecule has 3 aromatic rings. The second-order valence-electron chi connectivity index (χ2n) is 8.77. The molecular weight excluding hydrogens is 533 g/mol. The molecule has 2 N–H and O–H groups in total. The third-order valence-corrected chi connectivity index (χ3v) is 7.97. The second kappa shape index (κ2) is 11.1. The zero-order valence-corrected chi connectivity index (χ0v) is 21.7. The monoisotopic (exact) mass is 558 g/mol. The molecule has 1 fully saturated rings. The number of alkyl halides is 3. The Morgan fingerprint density at radius 2 is 1.97 bits per heavy atom. The molecule has 1 aliphatic heterocycles. The molecule has 1 saturated heterocycles. The molecule has 2 atom stereocenters. The molecule has 0 aliphatic carbocycles. The van der Waals surface area contributed by atoms with Crippen LogP contribution in [-0.4, -0.2) is 57.3 Å². The van der Waals surface area contributed by atoms with E-state index in [9.17, 15) is 27.3 Å². The molecule has 2 aromatic carbocycles. The maximum absolute atomic E-state index is 13.3. The Balaban J connectivity index is 1.79. The Kier molecular flexibility index (Phi) is 8.24. The first-order valence-corrected chi connectivity index (χ1v) is 13.3. The highest BCUT2D eigenvalue weighted by Gasteiger charge is 2.33. The van der Waals surface area contributed by atoms with Gasteiger partial charge in [0, 0.05) is 41.8 Å². The number of aromatic amines is 1. The maximum Gasteiger partial charge on any atom is 0.573 e. The van der Waals surface area contributed by atoms with E-state index in [0.717, 1.165) is 17.1 Å². The van der Waals surface area contributed by atoms with E-state index in [1.54, 1.807) is 19.1 Å². The summed E-state index contributed by atoms with van der Waals surface area (Å²) in [5.41, 5.74) is -0.857. The van der Waals surface area contributed by atoms with Crippen LogP contribution in [0.4, 0.5) is 13.2 Å². The Bertz CT molecular complexity index is 1410. The van der Waals surface area contributed by atoms with Crippen molar-refractivity contribution in [3.8, 4) is 5.75 Å². The number of H-pyrrole nitrogens is 1. The topological polar surface area (TPSA) is 102 Å². The number of benzene rings is 2. The van der Waals surface area contributed by atoms with Crippen LogP contribution in [0.25, 0.3) is 10.9 Å². The van der Waals surface area contributed by atoms with Crippen LogP contribution in [0.3, 0.4) is 0 Å². The summed E-state index contributed by atoms with van der Waals surface area (Å²) in [6.07, 6.45) is -4.13. The molecule has 4 rings (SSSR count). The van der Waals surface area contributed by atoms with E-state index in [0.29, 0.717) is 34.3 Å². The Morgan fingerprint density at radius 3 is 2.62 bits per heavy atom. The zero-order chi connectivity index (χ0) is 26.9. The number of halogens is 4. The van der Waals surface area contributed by atoms with Gasteiger partial charge >= 0.3 is 12.1 Å². The van der Waals surface area contributed by atoms with E-state index >= 15 is 0 Å². The standard InChI is InChI=1S/C24H26ClF3N4O4S/c1-3-37(35)21-5-4-16(25)8-15(21)12-32-22(33)18-10-20(36-24(26,27)28)14(9-19(18)30-23(32)34)11-31-7-6-17(13-31)29-2/h4-5,8-10,17,29H,3,6-7,11-13H2,1-2H3,(H,30,34)/t17-,37?/m1/s1. The van der Waals surface area contributed by atoms with Gasteiger partial charge in [-0.25, -0.2) is 4.79 Å². The molecule has 0 amide bonds. The smallest absolute Gasteiger partial charge is 0.573 e. The van der Waals surface area contributed by atoms with E-state index in [4.69, 9.17) is 11.6 Å². The average molecular weight is 559 g/mol. The maximum atomic E-state index is 13.3. The van der Waals surface area contributed by atoms with Crippen molar-refractivity contribution in [1.29, 1.82) is 0 Å². The van der Waals surface area contributed by atoms with Crippen molar-refractivity contribution in [2.45, 2.75) is 43.7 Å². The summed E-state index contributed by atoms with van der Waals surface area (Å²) in [5, 5.41) is 3.33. The van der Waals surface area contributed by atoms with E-state index in [-0.39, 0.29) is 35.6 Å². The van der Waals surface area contributed by atoms with Gasteiger partial charge in [0.15, 0.2) is 4.90 Å². The second-order valence-corrected chi connectivity index (χ2v) is 10.9. The third kappa shape index (κ3) is 6.32. The highest BCUT2D eigenvalue weighted by atomic mass is 35.5. The molecule has 0 bridgehead atoms. The molecule has 8 nitrogen and oxygen atoms in total. The van der Waals surface area contributed by atoms with Gasteiger partial charge < -0.3 is 19.6 Å². The van der Waals surface area contributed by atoms with E-state index in [1.165, 1.54) is 12.1 Å². The predicted molar refractivity (Wildman–Crippen MR) is 136 cm³/mol. The minimum Gasteiger partial charge on any atom is -0.611 e. The number of hydrogen-bond acceptors (Lipinski definition) is 6. The first kappa shape index (κ1) is 27.5. The molecule has 13 heteroatoms. The van der Waals surface area contributed by atoms with Crippen molar-refractivity contribution in [3.63, 3.8) is 0 Å². The van der Waals surface area contributed by atoms with E-state index in [2.05, 4.69) is 15.0 Å². The molecule has 1 aromatic heterocycles. The van der Waals surface area contributed by atoms with E-state index < -0.39 is 34.5 Å². The molecule has 0 radical (unpaired) electrons. The van der Waals surface area contributed by atoms with Crippen LogP contribution in [0.2, 0.25) is 5.02 Å². The minimum absolute atomic E-state index is 0.101. The van der Waals surface area contributed by atoms with Crippen LogP contribution in [0.15, 0.2) is 44.8 Å². The number of fused-ring (bicyclic) bond motifs is 1. The SMILES string of the molecule is CC[S+]([O-])c1ccc(Cl)cc1Cn1c(=O)[nH]c2cc(CN3CC[C@@H](NC)C3)c(OC(F)(F)F)cc2c1=O. The lowest BCUT2D eigenvalue weighted by molar-refractivity contribution is -0.274. The van der Waals surface area contributed by atoms with Gasteiger partial charge in [0.05, 0.1) is 17.4 Å². The first-order valence-electron chi connectivity index (χ1n) is 11.6.